The van der Waals surface area contributed by atoms with Crippen molar-refractivity contribution in [2.24, 2.45) is 0 Å². The van der Waals surface area contributed by atoms with Gasteiger partial charge < -0.3 is 15.2 Å². The van der Waals surface area contributed by atoms with E-state index in [0.717, 1.165) is 0 Å². The molecule has 3 aromatic rings. The quantitative estimate of drug-likeness (QED) is 0.736. The van der Waals surface area contributed by atoms with Crippen LogP contribution >= 0.6 is 0 Å². The van der Waals surface area contributed by atoms with E-state index in [-0.39, 0.29) is 17.0 Å². The fourth-order valence-corrected chi connectivity index (χ4v) is 2.36. The number of hydrogen-bond donors (Lipinski definition) is 2. The molecule has 7 heteroatoms. The molecule has 26 heavy (non-hydrogen) atoms. The molecule has 134 valence electrons. The highest BCUT2D eigenvalue weighted by Gasteiger charge is 2.14. The molecule has 1 aromatic carbocycles. The van der Waals surface area contributed by atoms with Crippen LogP contribution in [-0.2, 0) is 5.41 Å². The van der Waals surface area contributed by atoms with Crippen LogP contribution in [0.25, 0.3) is 0 Å². The summed E-state index contributed by atoms with van der Waals surface area (Å²) in [4.78, 5) is 20.6. The second-order valence-corrected chi connectivity index (χ2v) is 7.02. The fourth-order valence-electron chi connectivity index (χ4n) is 2.36. The van der Waals surface area contributed by atoms with E-state index in [1.165, 1.54) is 11.9 Å². The summed E-state index contributed by atoms with van der Waals surface area (Å²) in [6.45, 7) is 8.23. The molecule has 7 nitrogen and oxygen atoms in total. The van der Waals surface area contributed by atoms with E-state index >= 15 is 0 Å². The molecule has 0 radical (unpaired) electrons. The number of nitrogens with one attached hydrogen (secondary N) is 2. The fraction of sp³-hybridized carbons (Fsp3) is 0.263. The monoisotopic (exact) mass is 351 g/mol. The topological polar surface area (TPSA) is 92.9 Å². The number of carbonyl (C=O) groups is 1. The Bertz CT molecular complexity index is 910. The van der Waals surface area contributed by atoms with Crippen LogP contribution in [0.1, 0.15) is 42.6 Å². The van der Waals surface area contributed by atoms with Gasteiger partial charge in [-0.3, -0.25) is 4.79 Å². The first-order chi connectivity index (χ1) is 12.3. The highest BCUT2D eigenvalue weighted by atomic mass is 16.5. The van der Waals surface area contributed by atoms with E-state index in [4.69, 9.17) is 4.52 Å². The minimum absolute atomic E-state index is 0.0647. The summed E-state index contributed by atoms with van der Waals surface area (Å²) >= 11 is 0. The molecule has 1 amide bonds. The van der Waals surface area contributed by atoms with E-state index in [1.807, 2.05) is 24.3 Å². The lowest BCUT2D eigenvalue weighted by molar-refractivity contribution is 0.102. The SMILES string of the molecule is Cc1cc(Nc2cc(C(=O)Nc3ccc(C(C)(C)C)cc3)ncn2)no1. The molecule has 0 unspecified atom stereocenters. The number of carbonyl (C=O) groups excluding carboxylic acids is 1. The normalized spacial score (nSPS) is 11.2. The maximum absolute atomic E-state index is 12.4. The van der Waals surface area contributed by atoms with Gasteiger partial charge in [-0.2, -0.15) is 0 Å². The van der Waals surface area contributed by atoms with Gasteiger partial charge >= 0.3 is 0 Å². The van der Waals surface area contributed by atoms with Crippen LogP contribution in [0.3, 0.4) is 0 Å². The van der Waals surface area contributed by atoms with Crippen molar-refractivity contribution in [2.45, 2.75) is 33.1 Å². The van der Waals surface area contributed by atoms with Gasteiger partial charge in [-0.05, 0) is 30.0 Å². The van der Waals surface area contributed by atoms with Crippen LogP contribution in [0.5, 0.6) is 0 Å². The summed E-state index contributed by atoms with van der Waals surface area (Å²) in [5, 5.41) is 9.65. The number of benzene rings is 1. The second kappa shape index (κ2) is 6.95. The zero-order chi connectivity index (χ0) is 18.7. The van der Waals surface area contributed by atoms with Crippen LogP contribution in [0, 0.1) is 6.92 Å². The number of rotatable bonds is 4. The number of aryl methyl sites for hydroxylation is 1. The Kier molecular flexibility index (Phi) is 4.71. The Labute approximate surface area is 151 Å². The van der Waals surface area contributed by atoms with Crippen molar-refractivity contribution in [3.8, 4) is 0 Å². The third-order valence-corrected chi connectivity index (χ3v) is 3.79. The van der Waals surface area contributed by atoms with Gasteiger partial charge in [-0.15, -0.1) is 0 Å². The first kappa shape index (κ1) is 17.6. The van der Waals surface area contributed by atoms with E-state index in [9.17, 15) is 4.79 Å². The van der Waals surface area contributed by atoms with Gasteiger partial charge in [0.15, 0.2) is 5.82 Å². The Morgan fingerprint density at radius 3 is 2.38 bits per heavy atom. The molecule has 0 atom stereocenters. The summed E-state index contributed by atoms with van der Waals surface area (Å²) in [5.74, 6) is 1.35. The second-order valence-electron chi connectivity index (χ2n) is 7.02. The molecule has 0 aliphatic heterocycles. The molecule has 3 rings (SSSR count). The molecule has 2 heterocycles. The molecule has 0 saturated carbocycles. The molecule has 0 fully saturated rings. The van der Waals surface area contributed by atoms with E-state index in [0.29, 0.717) is 23.1 Å². The highest BCUT2D eigenvalue weighted by molar-refractivity contribution is 6.03. The van der Waals surface area contributed by atoms with Crippen molar-refractivity contribution in [2.75, 3.05) is 10.6 Å². The molecule has 0 saturated heterocycles. The zero-order valence-electron chi connectivity index (χ0n) is 15.2. The Hall–Kier alpha value is -3.22. The Morgan fingerprint density at radius 1 is 1.04 bits per heavy atom. The van der Waals surface area contributed by atoms with Crippen molar-refractivity contribution < 1.29 is 9.32 Å². The summed E-state index contributed by atoms with van der Waals surface area (Å²) in [6.07, 6.45) is 1.33. The van der Waals surface area contributed by atoms with E-state index in [1.54, 1.807) is 19.1 Å². The summed E-state index contributed by atoms with van der Waals surface area (Å²) in [6, 6.07) is 11.1. The number of amides is 1. The van der Waals surface area contributed by atoms with Gasteiger partial charge in [0.2, 0.25) is 0 Å². The third kappa shape index (κ3) is 4.24. The Balaban J connectivity index is 1.70. The van der Waals surface area contributed by atoms with Crippen molar-refractivity contribution in [1.29, 1.82) is 0 Å². The van der Waals surface area contributed by atoms with Gasteiger partial charge in [-0.1, -0.05) is 38.1 Å². The molecule has 2 aromatic heterocycles. The molecule has 0 bridgehead atoms. The van der Waals surface area contributed by atoms with Gasteiger partial charge in [-0.25, -0.2) is 9.97 Å². The van der Waals surface area contributed by atoms with Crippen LogP contribution < -0.4 is 10.6 Å². The highest BCUT2D eigenvalue weighted by Crippen LogP contribution is 2.23. The summed E-state index contributed by atoms with van der Waals surface area (Å²) < 4.78 is 4.99. The number of nitrogens with zero attached hydrogens (tertiary/aromatic N) is 3. The van der Waals surface area contributed by atoms with E-state index in [2.05, 4.69) is 46.5 Å². The average molecular weight is 351 g/mol. The van der Waals surface area contributed by atoms with Gasteiger partial charge in [0, 0.05) is 17.8 Å². The van der Waals surface area contributed by atoms with Crippen molar-refractivity contribution in [3.05, 3.63) is 59.7 Å². The zero-order valence-corrected chi connectivity index (χ0v) is 15.2. The molecular weight excluding hydrogens is 330 g/mol. The maximum atomic E-state index is 12.4. The predicted molar refractivity (Wildman–Crippen MR) is 99.6 cm³/mol. The summed E-state index contributed by atoms with van der Waals surface area (Å²) in [5.41, 5.74) is 2.23. The van der Waals surface area contributed by atoms with Crippen LogP contribution in [0.4, 0.5) is 17.3 Å². The first-order valence-electron chi connectivity index (χ1n) is 8.25. The van der Waals surface area contributed by atoms with Gasteiger partial charge in [0.05, 0.1) is 0 Å². The molecular formula is C19H21N5O2. The summed E-state index contributed by atoms with van der Waals surface area (Å²) in [7, 11) is 0. The minimum atomic E-state index is -0.310. The van der Waals surface area contributed by atoms with E-state index < -0.39 is 0 Å². The molecule has 2 N–H and O–H groups in total. The molecule has 0 aliphatic carbocycles. The largest absolute Gasteiger partial charge is 0.360 e. The first-order valence-corrected chi connectivity index (χ1v) is 8.25. The number of hydrogen-bond acceptors (Lipinski definition) is 6. The van der Waals surface area contributed by atoms with Crippen LogP contribution in [0.2, 0.25) is 0 Å². The van der Waals surface area contributed by atoms with Crippen molar-refractivity contribution >= 4 is 23.2 Å². The third-order valence-electron chi connectivity index (χ3n) is 3.79. The Morgan fingerprint density at radius 2 is 1.77 bits per heavy atom. The number of aromatic nitrogens is 3. The van der Waals surface area contributed by atoms with Crippen LogP contribution in [0.15, 0.2) is 47.2 Å². The smallest absolute Gasteiger partial charge is 0.274 e. The van der Waals surface area contributed by atoms with Crippen molar-refractivity contribution in [1.82, 2.24) is 15.1 Å². The maximum Gasteiger partial charge on any atom is 0.274 e. The molecule has 0 spiro atoms. The van der Waals surface area contributed by atoms with Gasteiger partial charge in [0.1, 0.15) is 23.6 Å². The van der Waals surface area contributed by atoms with Gasteiger partial charge in [0.25, 0.3) is 5.91 Å². The standard InChI is InChI=1S/C19H21N5O2/c1-12-9-17(24-26-12)23-16-10-15(20-11-21-16)18(25)22-14-7-5-13(6-8-14)19(2,3)4/h5-11H,1-4H3,(H,22,25)(H,20,21,23,24). The lowest BCUT2D eigenvalue weighted by Gasteiger charge is -2.19. The molecule has 0 aliphatic rings. The van der Waals surface area contributed by atoms with Crippen LogP contribution in [-0.4, -0.2) is 21.0 Å². The lowest BCUT2D eigenvalue weighted by atomic mass is 9.87. The average Bonchev–Trinajstić information content (AvgIpc) is 2.99. The predicted octanol–water partition coefficient (Wildman–Crippen LogP) is 4.07. The lowest BCUT2D eigenvalue weighted by Crippen LogP contribution is -2.15. The minimum Gasteiger partial charge on any atom is -0.360 e. The van der Waals surface area contributed by atoms with Crippen molar-refractivity contribution in [3.63, 3.8) is 0 Å². The number of anilines is 3.